The number of carboxylic acid groups (broad SMARTS) is 1. The van der Waals surface area contributed by atoms with Crippen LogP contribution in [0.2, 0.25) is 0 Å². The van der Waals surface area contributed by atoms with Crippen molar-refractivity contribution in [2.24, 2.45) is 0 Å². The number of hydrogen-bond acceptors (Lipinski definition) is 6. The van der Waals surface area contributed by atoms with Crippen LogP contribution in [0.4, 0.5) is 0 Å². The highest BCUT2D eigenvalue weighted by atomic mass is 16.4. The molecule has 1 aliphatic heterocycles. The highest BCUT2D eigenvalue weighted by Gasteiger charge is 2.27. The number of rotatable bonds is 11. The van der Waals surface area contributed by atoms with Crippen molar-refractivity contribution in [1.29, 1.82) is 0 Å². The SMILES string of the molecule is CCCCCCC(C(=O)O)n1c(CN2CCCC2)nc2cc(-c3ccccc3-c3nn[nH]n3)ccc21. The van der Waals surface area contributed by atoms with Gasteiger partial charge in [-0.1, -0.05) is 62.9 Å². The maximum atomic E-state index is 12.5. The van der Waals surface area contributed by atoms with Crippen LogP contribution in [0.15, 0.2) is 42.5 Å². The molecule has 1 aliphatic rings. The van der Waals surface area contributed by atoms with E-state index in [-0.39, 0.29) is 0 Å². The molecule has 3 heterocycles. The van der Waals surface area contributed by atoms with Gasteiger partial charge in [-0.05, 0) is 60.8 Å². The number of H-pyrrole nitrogens is 1. The van der Waals surface area contributed by atoms with Crippen LogP contribution in [-0.4, -0.2) is 59.2 Å². The number of imidazole rings is 1. The largest absolute Gasteiger partial charge is 0.480 e. The van der Waals surface area contributed by atoms with Gasteiger partial charge in [-0.3, -0.25) is 4.90 Å². The molecule has 1 saturated heterocycles. The van der Waals surface area contributed by atoms with Gasteiger partial charge >= 0.3 is 5.97 Å². The van der Waals surface area contributed by atoms with Gasteiger partial charge in [0, 0.05) is 5.56 Å². The van der Waals surface area contributed by atoms with Crippen molar-refractivity contribution in [1.82, 2.24) is 35.1 Å². The molecule has 0 spiro atoms. The third kappa shape index (κ3) is 5.02. The maximum absolute atomic E-state index is 12.5. The fraction of sp³-hybridized carbons (Fsp3) is 0.444. The van der Waals surface area contributed by atoms with Gasteiger partial charge in [-0.25, -0.2) is 9.78 Å². The molecule has 1 unspecified atom stereocenters. The van der Waals surface area contributed by atoms with Crippen LogP contribution < -0.4 is 0 Å². The summed E-state index contributed by atoms with van der Waals surface area (Å²) < 4.78 is 1.98. The Morgan fingerprint density at radius 1 is 1.08 bits per heavy atom. The summed E-state index contributed by atoms with van der Waals surface area (Å²) >= 11 is 0. The monoisotopic (exact) mass is 487 g/mol. The lowest BCUT2D eigenvalue weighted by atomic mass is 9.99. The van der Waals surface area contributed by atoms with E-state index in [2.05, 4.69) is 32.4 Å². The first-order chi connectivity index (χ1) is 17.7. The lowest BCUT2D eigenvalue weighted by molar-refractivity contribution is -0.141. The fourth-order valence-corrected chi connectivity index (χ4v) is 5.25. The van der Waals surface area contributed by atoms with Crippen LogP contribution in [0, 0.1) is 0 Å². The molecule has 1 atom stereocenters. The van der Waals surface area contributed by atoms with E-state index in [0.29, 0.717) is 18.8 Å². The molecule has 0 saturated carbocycles. The molecule has 0 radical (unpaired) electrons. The van der Waals surface area contributed by atoms with Crippen LogP contribution in [0.3, 0.4) is 0 Å². The summed E-state index contributed by atoms with van der Waals surface area (Å²) in [6.45, 7) is 4.89. The van der Waals surface area contributed by atoms with Crippen LogP contribution in [0.1, 0.15) is 63.7 Å². The van der Waals surface area contributed by atoms with Gasteiger partial charge in [0.2, 0.25) is 5.82 Å². The Labute approximate surface area is 210 Å². The zero-order valence-corrected chi connectivity index (χ0v) is 20.7. The number of aliphatic carboxylic acids is 1. The first kappa shape index (κ1) is 24.1. The number of carbonyl (C=O) groups is 1. The van der Waals surface area contributed by atoms with E-state index in [0.717, 1.165) is 72.3 Å². The number of nitrogens with one attached hydrogen (secondary N) is 1. The Balaban J connectivity index is 1.56. The van der Waals surface area contributed by atoms with Crippen LogP contribution in [0.5, 0.6) is 0 Å². The number of nitrogens with zero attached hydrogens (tertiary/aromatic N) is 6. The fourth-order valence-electron chi connectivity index (χ4n) is 5.25. The number of hydrogen-bond donors (Lipinski definition) is 2. The van der Waals surface area contributed by atoms with E-state index >= 15 is 0 Å². The van der Waals surface area contributed by atoms with E-state index in [1.54, 1.807) is 0 Å². The number of benzene rings is 2. The Kier molecular flexibility index (Phi) is 7.36. The Morgan fingerprint density at radius 2 is 1.89 bits per heavy atom. The molecule has 2 N–H and O–H groups in total. The highest BCUT2D eigenvalue weighted by Crippen LogP contribution is 2.34. The first-order valence-corrected chi connectivity index (χ1v) is 12.9. The summed E-state index contributed by atoms with van der Waals surface area (Å²) in [5, 5.41) is 24.8. The summed E-state index contributed by atoms with van der Waals surface area (Å²) in [5.41, 5.74) is 4.51. The number of tetrazole rings is 1. The number of carboxylic acids is 1. The number of likely N-dealkylation sites (tertiary alicyclic amines) is 1. The van der Waals surface area contributed by atoms with E-state index in [9.17, 15) is 9.90 Å². The third-order valence-electron chi connectivity index (χ3n) is 7.08. The minimum absolute atomic E-state index is 0.531. The standard InChI is InChI=1S/C27H33N7O2/c1-2-3-4-5-12-24(27(35)36)34-23-14-13-19(17-22(23)28-25(34)18-33-15-8-9-16-33)20-10-6-7-11-21(20)26-29-31-32-30-26/h6-7,10-11,13-14,17,24H,2-5,8-9,12,15-16,18H2,1H3,(H,35,36)(H,29,30,31,32). The van der Waals surface area contributed by atoms with Crippen LogP contribution in [0.25, 0.3) is 33.5 Å². The maximum Gasteiger partial charge on any atom is 0.326 e. The number of aromatic amines is 1. The minimum atomic E-state index is -0.792. The summed E-state index contributed by atoms with van der Waals surface area (Å²) in [5.74, 6) is 0.572. The summed E-state index contributed by atoms with van der Waals surface area (Å²) in [7, 11) is 0. The normalized spacial score (nSPS) is 15.0. The number of fused-ring (bicyclic) bond motifs is 1. The van der Waals surface area contributed by atoms with Gasteiger partial charge in [-0.2, -0.15) is 5.21 Å². The molecular formula is C27H33N7O2. The van der Waals surface area contributed by atoms with Crippen molar-refractivity contribution >= 4 is 17.0 Å². The molecule has 2 aromatic heterocycles. The zero-order valence-electron chi connectivity index (χ0n) is 20.7. The molecule has 9 nitrogen and oxygen atoms in total. The van der Waals surface area contributed by atoms with Gasteiger partial charge in [0.05, 0.1) is 17.6 Å². The highest BCUT2D eigenvalue weighted by molar-refractivity contribution is 5.88. The Hall–Kier alpha value is -3.59. The first-order valence-electron chi connectivity index (χ1n) is 12.9. The summed E-state index contributed by atoms with van der Waals surface area (Å²) in [6, 6.07) is 13.4. The lowest BCUT2D eigenvalue weighted by Crippen LogP contribution is -2.26. The molecule has 0 aliphatic carbocycles. The second kappa shape index (κ2) is 11.0. The molecule has 0 bridgehead atoms. The second-order valence-corrected chi connectivity index (χ2v) is 9.57. The van der Waals surface area contributed by atoms with E-state index in [4.69, 9.17) is 4.98 Å². The van der Waals surface area contributed by atoms with Gasteiger partial charge in [0.1, 0.15) is 11.9 Å². The van der Waals surface area contributed by atoms with Gasteiger partial charge in [0.25, 0.3) is 0 Å². The molecule has 9 heteroatoms. The van der Waals surface area contributed by atoms with E-state index in [1.165, 1.54) is 12.8 Å². The predicted octanol–water partition coefficient (Wildman–Crippen LogP) is 5.08. The van der Waals surface area contributed by atoms with Gasteiger partial charge < -0.3 is 9.67 Å². The molecular weight excluding hydrogens is 454 g/mol. The van der Waals surface area contributed by atoms with Crippen LogP contribution >= 0.6 is 0 Å². The summed E-state index contributed by atoms with van der Waals surface area (Å²) in [6.07, 6.45) is 7.15. The smallest absolute Gasteiger partial charge is 0.326 e. The quantitative estimate of drug-likeness (QED) is 0.284. The molecule has 5 rings (SSSR count). The average Bonchev–Trinajstić information content (AvgIpc) is 3.66. The van der Waals surface area contributed by atoms with E-state index < -0.39 is 12.0 Å². The van der Waals surface area contributed by atoms with Crippen molar-refractivity contribution < 1.29 is 9.90 Å². The predicted molar refractivity (Wildman–Crippen MR) is 138 cm³/mol. The van der Waals surface area contributed by atoms with Gasteiger partial charge in [0.15, 0.2) is 0 Å². The number of aromatic nitrogens is 6. The third-order valence-corrected chi connectivity index (χ3v) is 7.08. The van der Waals surface area contributed by atoms with Crippen LogP contribution in [-0.2, 0) is 11.3 Å². The second-order valence-electron chi connectivity index (χ2n) is 9.57. The van der Waals surface area contributed by atoms with Crippen molar-refractivity contribution in [3.05, 3.63) is 48.3 Å². The Bertz CT molecular complexity index is 1310. The lowest BCUT2D eigenvalue weighted by Gasteiger charge is -2.21. The topological polar surface area (TPSA) is 113 Å². The van der Waals surface area contributed by atoms with E-state index in [1.807, 2.05) is 47.0 Å². The van der Waals surface area contributed by atoms with Crippen molar-refractivity contribution in [3.8, 4) is 22.5 Å². The van der Waals surface area contributed by atoms with Gasteiger partial charge in [-0.15, -0.1) is 10.2 Å². The average molecular weight is 488 g/mol. The zero-order chi connectivity index (χ0) is 24.9. The molecule has 2 aromatic carbocycles. The molecule has 4 aromatic rings. The molecule has 36 heavy (non-hydrogen) atoms. The molecule has 0 amide bonds. The minimum Gasteiger partial charge on any atom is -0.480 e. The van der Waals surface area contributed by atoms with Crippen molar-refractivity contribution in [3.63, 3.8) is 0 Å². The van der Waals surface area contributed by atoms with Crippen molar-refractivity contribution in [2.75, 3.05) is 13.1 Å². The molecule has 1 fully saturated rings. The summed E-state index contributed by atoms with van der Waals surface area (Å²) in [4.78, 5) is 19.9. The molecule has 188 valence electrons. The van der Waals surface area contributed by atoms with Crippen molar-refractivity contribution in [2.45, 2.75) is 64.5 Å². The number of unbranched alkanes of at least 4 members (excludes halogenated alkanes) is 3. The Morgan fingerprint density at radius 3 is 2.61 bits per heavy atom.